The molecule has 0 saturated heterocycles. The predicted molar refractivity (Wildman–Crippen MR) is 119 cm³/mol. The number of carbonyl (C=O) groups is 1. The molecule has 0 aliphatic carbocycles. The Kier molecular flexibility index (Phi) is 9.58. The monoisotopic (exact) mass is 478 g/mol. The number of hydrogen-bond donors (Lipinski definition) is 1. The fraction of sp³-hybridized carbons (Fsp3) is 0.208. The van der Waals surface area contributed by atoms with Gasteiger partial charge in [-0.3, -0.25) is 4.79 Å². The summed E-state index contributed by atoms with van der Waals surface area (Å²) in [5, 5.41) is 9.52. The first kappa shape index (κ1) is 27.0. The van der Waals surface area contributed by atoms with Gasteiger partial charge in [0.25, 0.3) is 0 Å². The van der Waals surface area contributed by atoms with E-state index >= 15 is 0 Å². The van der Waals surface area contributed by atoms with Crippen molar-refractivity contribution in [3.63, 3.8) is 0 Å². The van der Waals surface area contributed by atoms with Crippen LogP contribution in [0.3, 0.4) is 0 Å². The summed E-state index contributed by atoms with van der Waals surface area (Å²) >= 11 is 0. The average molecular weight is 478 g/mol. The van der Waals surface area contributed by atoms with Crippen LogP contribution in [-0.2, 0) is 11.0 Å². The van der Waals surface area contributed by atoms with Crippen molar-refractivity contribution in [1.82, 2.24) is 0 Å². The van der Waals surface area contributed by atoms with Gasteiger partial charge in [-0.2, -0.15) is 0 Å². The Morgan fingerprint density at radius 3 is 2.30 bits per heavy atom. The van der Waals surface area contributed by atoms with Gasteiger partial charge in [0, 0.05) is 12.0 Å². The Labute approximate surface area is 215 Å². The van der Waals surface area contributed by atoms with Gasteiger partial charge < -0.3 is 23.8 Å². The summed E-state index contributed by atoms with van der Waals surface area (Å²) in [6.45, 7) is 3.67. The quantitative estimate of drug-likeness (QED) is 0.284. The molecule has 33 heavy (non-hydrogen) atoms. The third-order valence-electron chi connectivity index (χ3n) is 4.66. The van der Waals surface area contributed by atoms with Gasteiger partial charge in [-0.25, -0.2) is 4.57 Å². The summed E-state index contributed by atoms with van der Waals surface area (Å²) in [5.74, 6) is 0.266. The van der Waals surface area contributed by atoms with Crippen LogP contribution in [-0.4, -0.2) is 18.0 Å². The van der Waals surface area contributed by atoms with Crippen LogP contribution in [0.25, 0.3) is 0 Å². The predicted octanol–water partition coefficient (Wildman–Crippen LogP) is 1.76. The van der Waals surface area contributed by atoms with Crippen molar-refractivity contribution >= 4 is 13.6 Å². The van der Waals surface area contributed by atoms with Crippen LogP contribution in [0.15, 0.2) is 60.7 Å². The van der Waals surface area contributed by atoms with Crippen LogP contribution in [0.1, 0.15) is 33.5 Å². The number of phenols is 1. The minimum atomic E-state index is -4.71. The number of phosphoric ester groups is 1. The molecule has 0 heterocycles. The molecular formula is C24H24NaO7P. The van der Waals surface area contributed by atoms with Gasteiger partial charge in [0.15, 0.2) is 17.3 Å². The molecule has 0 radical (unpaired) electrons. The molecule has 0 aliphatic rings. The summed E-state index contributed by atoms with van der Waals surface area (Å²) in [6, 6.07) is 16.0. The molecule has 3 aromatic rings. The number of hydrogen-bond acceptors (Lipinski definition) is 7. The van der Waals surface area contributed by atoms with Gasteiger partial charge in [0.05, 0.1) is 7.11 Å². The van der Waals surface area contributed by atoms with Crippen molar-refractivity contribution in [2.24, 2.45) is 0 Å². The van der Waals surface area contributed by atoms with E-state index in [2.05, 4.69) is 0 Å². The first-order chi connectivity index (χ1) is 15.1. The molecule has 0 saturated carbocycles. The molecule has 3 rings (SSSR count). The van der Waals surface area contributed by atoms with Gasteiger partial charge in [-0.1, -0.05) is 24.3 Å². The van der Waals surface area contributed by atoms with Gasteiger partial charge in [0.2, 0.25) is 0 Å². The van der Waals surface area contributed by atoms with Crippen LogP contribution in [0.4, 0.5) is 0 Å². The molecule has 1 atom stereocenters. The number of methoxy groups -OCH3 is 1. The van der Waals surface area contributed by atoms with Crippen LogP contribution < -0.4 is 48.2 Å². The van der Waals surface area contributed by atoms with Crippen LogP contribution in [0.2, 0.25) is 0 Å². The number of Topliss-reactive ketones (excluding diaryl/α,β-unsaturated/α-hetero) is 1. The Balaban J connectivity index is 0.00000385. The minimum Gasteiger partial charge on any atom is -0.736 e. The van der Waals surface area contributed by atoms with E-state index in [1.54, 1.807) is 36.4 Å². The largest absolute Gasteiger partial charge is 1.00 e. The van der Waals surface area contributed by atoms with Crippen molar-refractivity contribution < 1.29 is 62.7 Å². The molecule has 0 aromatic heterocycles. The Hall–Kier alpha value is -2.28. The zero-order valence-electron chi connectivity index (χ0n) is 19.0. The number of phenolic OH excluding ortho intramolecular Hbond substituents is 1. The van der Waals surface area contributed by atoms with Crippen molar-refractivity contribution in [3.05, 3.63) is 82.9 Å². The maximum absolute atomic E-state index is 12.4. The number of aromatic hydroxyl groups is 1. The fourth-order valence-corrected chi connectivity index (χ4v) is 4.07. The average Bonchev–Trinajstić information content (AvgIpc) is 2.71. The second-order valence-corrected chi connectivity index (χ2v) is 8.67. The van der Waals surface area contributed by atoms with E-state index in [4.69, 9.17) is 13.8 Å². The molecule has 0 bridgehead atoms. The maximum atomic E-state index is 12.4. The van der Waals surface area contributed by atoms with Crippen LogP contribution in [0.5, 0.6) is 23.0 Å². The summed E-state index contributed by atoms with van der Waals surface area (Å²) < 4.78 is 27.9. The zero-order valence-corrected chi connectivity index (χ0v) is 21.9. The van der Waals surface area contributed by atoms with E-state index < -0.39 is 7.82 Å². The summed E-state index contributed by atoms with van der Waals surface area (Å²) in [6.07, 6.45) is 0.613. The van der Waals surface area contributed by atoms with E-state index in [0.29, 0.717) is 12.0 Å². The Morgan fingerprint density at radius 2 is 1.67 bits per heavy atom. The number of ketones is 1. The topological polar surface area (TPSA) is 105 Å². The number of phosphoric acid groups is 1. The van der Waals surface area contributed by atoms with E-state index in [1.165, 1.54) is 25.3 Å². The standard InChI is InChI=1S/C24H25O7P.Na/c1-16-11-17(2)13-21(12-16)30-32(27,28)31-23-10-8-18(14-24(23)29-3)7-9-22(26)19-5-4-6-20(25)15-19;/h4-6,8,10-15,25H,7,9H2,1-3H3,(H,27,28);/q;+1/p-1. The molecule has 0 aliphatic heterocycles. The van der Waals surface area contributed by atoms with E-state index in [-0.39, 0.29) is 64.8 Å². The van der Waals surface area contributed by atoms with E-state index in [0.717, 1.165) is 16.7 Å². The third kappa shape index (κ3) is 7.91. The number of benzene rings is 3. The molecule has 0 amide bonds. The summed E-state index contributed by atoms with van der Waals surface area (Å²) in [5.41, 5.74) is 2.91. The van der Waals surface area contributed by atoms with Gasteiger partial charge in [-0.15, -0.1) is 0 Å². The number of aryl methyl sites for hydroxylation is 3. The van der Waals surface area contributed by atoms with Crippen LogP contribution in [0, 0.1) is 13.8 Å². The maximum Gasteiger partial charge on any atom is 1.00 e. The third-order valence-corrected chi connectivity index (χ3v) is 5.51. The van der Waals surface area contributed by atoms with Crippen molar-refractivity contribution in [1.29, 1.82) is 0 Å². The fourth-order valence-electron chi connectivity index (χ4n) is 3.28. The van der Waals surface area contributed by atoms with E-state index in [9.17, 15) is 19.4 Å². The zero-order chi connectivity index (χ0) is 23.3. The first-order valence-corrected chi connectivity index (χ1v) is 11.4. The van der Waals surface area contributed by atoms with Gasteiger partial charge in [-0.05, 0) is 73.4 Å². The summed E-state index contributed by atoms with van der Waals surface area (Å²) in [4.78, 5) is 24.7. The van der Waals surface area contributed by atoms with Gasteiger partial charge >= 0.3 is 37.4 Å². The molecule has 7 nitrogen and oxygen atoms in total. The Bertz CT molecular complexity index is 1160. The minimum absolute atomic E-state index is 0. The molecule has 0 fully saturated rings. The molecule has 168 valence electrons. The van der Waals surface area contributed by atoms with Gasteiger partial charge in [0.1, 0.15) is 11.5 Å². The second-order valence-electron chi connectivity index (χ2n) is 7.41. The normalized spacial score (nSPS) is 12.2. The smallest absolute Gasteiger partial charge is 0.736 e. The summed E-state index contributed by atoms with van der Waals surface area (Å²) in [7, 11) is -3.32. The van der Waals surface area contributed by atoms with Crippen molar-refractivity contribution in [3.8, 4) is 23.0 Å². The molecule has 1 N–H and O–H groups in total. The molecule has 9 heteroatoms. The molecule has 0 spiro atoms. The molecule has 1 unspecified atom stereocenters. The SMILES string of the molecule is COc1cc(CCC(=O)c2cccc(O)c2)ccc1OP(=O)([O-])Oc1cc(C)cc(C)c1.[Na+]. The number of ether oxygens (including phenoxy) is 1. The molecule has 3 aromatic carbocycles. The van der Waals surface area contributed by atoms with E-state index in [1.807, 2.05) is 19.9 Å². The number of rotatable bonds is 9. The molecular weight excluding hydrogens is 454 g/mol. The Morgan fingerprint density at radius 1 is 0.970 bits per heavy atom. The number of carbonyl (C=O) groups excluding carboxylic acids is 1. The van der Waals surface area contributed by atoms with Crippen molar-refractivity contribution in [2.45, 2.75) is 26.7 Å². The second kappa shape index (κ2) is 11.7. The van der Waals surface area contributed by atoms with Crippen LogP contribution >= 0.6 is 7.82 Å². The first-order valence-electron chi connectivity index (χ1n) is 9.93. The van der Waals surface area contributed by atoms with Crippen molar-refractivity contribution in [2.75, 3.05) is 7.11 Å².